The van der Waals surface area contributed by atoms with Crippen molar-refractivity contribution in [3.8, 4) is 0 Å². The number of nitrogens with one attached hydrogen (secondary N) is 2. The van der Waals surface area contributed by atoms with Crippen molar-refractivity contribution in [2.24, 2.45) is 0 Å². The van der Waals surface area contributed by atoms with E-state index in [9.17, 15) is 27.6 Å². The first-order valence-corrected chi connectivity index (χ1v) is 8.05. The number of alkyl carbamates (subject to hydrolysis) is 1. The molecule has 3 amide bonds. The van der Waals surface area contributed by atoms with Crippen molar-refractivity contribution in [1.29, 1.82) is 0 Å². The number of nitrogens with zero attached hydrogens (tertiary/aromatic N) is 2. The molecule has 1 heterocycles. The van der Waals surface area contributed by atoms with Crippen LogP contribution in [0.25, 0.3) is 0 Å². The first kappa shape index (κ1) is 21.4. The highest BCUT2D eigenvalue weighted by molar-refractivity contribution is 7.09. The Morgan fingerprint density at radius 2 is 2.08 bits per heavy atom. The molecule has 144 valence electrons. The lowest BCUT2D eigenvalue weighted by atomic mass is 10.4. The van der Waals surface area contributed by atoms with Crippen LogP contribution in [0.4, 0.5) is 18.0 Å². The van der Waals surface area contributed by atoms with E-state index in [1.165, 1.54) is 11.5 Å². The Labute approximate surface area is 151 Å². The number of halogens is 3. The summed E-state index contributed by atoms with van der Waals surface area (Å²) < 4.78 is 41.6. The highest BCUT2D eigenvalue weighted by Gasteiger charge is 2.41. The fraction of sp³-hybridized carbons (Fsp3) is 0.429. The second kappa shape index (κ2) is 9.75. The Morgan fingerprint density at radius 1 is 1.38 bits per heavy atom. The molecule has 8 nitrogen and oxygen atoms in total. The molecule has 0 aliphatic rings. The van der Waals surface area contributed by atoms with Crippen molar-refractivity contribution in [2.45, 2.75) is 19.3 Å². The first-order valence-electron chi connectivity index (χ1n) is 7.17. The zero-order chi connectivity index (χ0) is 19.7. The van der Waals surface area contributed by atoms with Gasteiger partial charge in [0.25, 0.3) is 0 Å². The number of rotatable bonds is 8. The molecule has 1 aromatic rings. The molecule has 1 aromatic heterocycles. The van der Waals surface area contributed by atoms with Gasteiger partial charge in [-0.3, -0.25) is 9.59 Å². The fourth-order valence-corrected chi connectivity index (χ4v) is 2.33. The summed E-state index contributed by atoms with van der Waals surface area (Å²) in [6.45, 7) is 2.80. The first-order chi connectivity index (χ1) is 12.1. The van der Waals surface area contributed by atoms with E-state index in [1.807, 2.05) is 0 Å². The molecule has 26 heavy (non-hydrogen) atoms. The maximum absolute atomic E-state index is 12.3. The topological polar surface area (TPSA) is 101 Å². The summed E-state index contributed by atoms with van der Waals surface area (Å²) in [5.74, 6) is -2.46. The zero-order valence-electron chi connectivity index (χ0n) is 13.8. The molecule has 0 fully saturated rings. The minimum absolute atomic E-state index is 0.0145. The second-order valence-electron chi connectivity index (χ2n) is 4.91. The Balaban J connectivity index is 2.39. The minimum atomic E-state index is -4.94. The number of thiazole rings is 1. The normalized spacial score (nSPS) is 10.8. The summed E-state index contributed by atoms with van der Waals surface area (Å²) in [5.41, 5.74) is 0.269. The van der Waals surface area contributed by atoms with E-state index in [0.29, 0.717) is 9.91 Å². The van der Waals surface area contributed by atoms with Crippen molar-refractivity contribution >= 4 is 29.2 Å². The number of hydrogen-bond donors (Lipinski definition) is 2. The minimum Gasteiger partial charge on any atom is -0.445 e. The van der Waals surface area contributed by atoms with Gasteiger partial charge in [-0.15, -0.1) is 11.3 Å². The molecule has 0 aliphatic carbocycles. The SMILES string of the molecule is C=CCOC(=O)NCC(=O)NCc1nc(CN(C)C(=O)C(F)(F)F)cs1. The second-order valence-corrected chi connectivity index (χ2v) is 5.85. The predicted molar refractivity (Wildman–Crippen MR) is 86.0 cm³/mol. The van der Waals surface area contributed by atoms with Gasteiger partial charge in [0.15, 0.2) is 0 Å². The number of aromatic nitrogens is 1. The van der Waals surface area contributed by atoms with E-state index in [0.717, 1.165) is 18.4 Å². The lowest BCUT2D eigenvalue weighted by molar-refractivity contribution is -0.184. The molecule has 0 saturated carbocycles. The molecule has 0 spiro atoms. The van der Waals surface area contributed by atoms with Gasteiger partial charge in [-0.2, -0.15) is 13.2 Å². The lowest BCUT2D eigenvalue weighted by Crippen LogP contribution is -2.38. The average molecular weight is 394 g/mol. The van der Waals surface area contributed by atoms with Crippen molar-refractivity contribution < 1.29 is 32.3 Å². The lowest BCUT2D eigenvalue weighted by Gasteiger charge is -2.17. The number of carbonyl (C=O) groups excluding carboxylic acids is 3. The largest absolute Gasteiger partial charge is 0.471 e. The molecule has 0 bridgehead atoms. The van der Waals surface area contributed by atoms with Crippen LogP contribution in [0.3, 0.4) is 0 Å². The summed E-state index contributed by atoms with van der Waals surface area (Å²) in [6.07, 6.45) is -4.34. The van der Waals surface area contributed by atoms with Gasteiger partial charge in [0, 0.05) is 12.4 Å². The van der Waals surface area contributed by atoms with Crippen LogP contribution in [0.2, 0.25) is 0 Å². The summed E-state index contributed by atoms with van der Waals surface area (Å²) in [5, 5.41) is 6.64. The summed E-state index contributed by atoms with van der Waals surface area (Å²) in [4.78, 5) is 38.3. The van der Waals surface area contributed by atoms with Gasteiger partial charge < -0.3 is 20.3 Å². The van der Waals surface area contributed by atoms with Crippen LogP contribution in [0.5, 0.6) is 0 Å². The van der Waals surface area contributed by atoms with Crippen molar-refractivity contribution in [3.63, 3.8) is 0 Å². The van der Waals surface area contributed by atoms with Crippen LogP contribution in [0.1, 0.15) is 10.7 Å². The summed E-state index contributed by atoms with van der Waals surface area (Å²) in [6, 6.07) is 0. The molecule has 0 unspecified atom stereocenters. The van der Waals surface area contributed by atoms with E-state index >= 15 is 0 Å². The van der Waals surface area contributed by atoms with Gasteiger partial charge in [0.1, 0.15) is 18.2 Å². The van der Waals surface area contributed by atoms with Crippen LogP contribution in [-0.2, 0) is 27.4 Å². The van der Waals surface area contributed by atoms with Crippen LogP contribution >= 0.6 is 11.3 Å². The highest BCUT2D eigenvalue weighted by Crippen LogP contribution is 2.19. The Morgan fingerprint density at radius 3 is 2.69 bits per heavy atom. The van der Waals surface area contributed by atoms with Gasteiger partial charge in [0.2, 0.25) is 5.91 Å². The Kier molecular flexibility index (Phi) is 8.03. The van der Waals surface area contributed by atoms with Gasteiger partial charge in [0.05, 0.1) is 18.8 Å². The monoisotopic (exact) mass is 394 g/mol. The van der Waals surface area contributed by atoms with Gasteiger partial charge in [-0.25, -0.2) is 9.78 Å². The quantitative estimate of drug-likeness (QED) is 0.645. The van der Waals surface area contributed by atoms with E-state index in [2.05, 4.69) is 26.9 Å². The number of carbonyl (C=O) groups is 3. The molecule has 0 aliphatic heterocycles. The molecule has 0 aromatic carbocycles. The third-order valence-corrected chi connectivity index (χ3v) is 3.65. The highest BCUT2D eigenvalue weighted by atomic mass is 32.1. The zero-order valence-corrected chi connectivity index (χ0v) is 14.6. The van der Waals surface area contributed by atoms with E-state index in [-0.39, 0.29) is 31.9 Å². The molecule has 2 N–H and O–H groups in total. The number of amides is 3. The van der Waals surface area contributed by atoms with Crippen molar-refractivity contribution in [3.05, 3.63) is 28.7 Å². The van der Waals surface area contributed by atoms with Crippen molar-refractivity contribution in [2.75, 3.05) is 20.2 Å². The van der Waals surface area contributed by atoms with Crippen LogP contribution < -0.4 is 10.6 Å². The molecule has 12 heteroatoms. The van der Waals surface area contributed by atoms with E-state index in [1.54, 1.807) is 0 Å². The standard InChI is InChI=1S/C14H17F3N4O4S/c1-3-4-25-13(24)19-5-10(22)18-6-11-20-9(8-26-11)7-21(2)12(23)14(15,16)17/h3,8H,1,4-7H2,2H3,(H,18,22)(H,19,24). The number of alkyl halides is 3. The van der Waals surface area contributed by atoms with Crippen LogP contribution in [-0.4, -0.2) is 54.2 Å². The molecule has 1 rings (SSSR count). The summed E-state index contributed by atoms with van der Waals surface area (Å²) >= 11 is 1.12. The Hall–Kier alpha value is -2.63. The third kappa shape index (κ3) is 7.51. The predicted octanol–water partition coefficient (Wildman–Crippen LogP) is 1.19. The molecular weight excluding hydrogens is 377 g/mol. The van der Waals surface area contributed by atoms with Gasteiger partial charge in [-0.1, -0.05) is 12.7 Å². The maximum Gasteiger partial charge on any atom is 0.471 e. The van der Waals surface area contributed by atoms with Crippen molar-refractivity contribution in [1.82, 2.24) is 20.5 Å². The molecular formula is C14H17F3N4O4S. The molecule has 0 radical (unpaired) electrons. The molecule has 0 saturated heterocycles. The number of hydrogen-bond acceptors (Lipinski definition) is 6. The van der Waals surface area contributed by atoms with Gasteiger partial charge >= 0.3 is 18.2 Å². The maximum atomic E-state index is 12.3. The smallest absolute Gasteiger partial charge is 0.445 e. The fourth-order valence-electron chi connectivity index (χ4n) is 1.61. The number of ether oxygens (including phenoxy) is 1. The van der Waals surface area contributed by atoms with E-state index in [4.69, 9.17) is 0 Å². The third-order valence-electron chi connectivity index (χ3n) is 2.75. The van der Waals surface area contributed by atoms with Crippen LogP contribution in [0.15, 0.2) is 18.0 Å². The summed E-state index contributed by atoms with van der Waals surface area (Å²) in [7, 11) is 1.02. The average Bonchev–Trinajstić information content (AvgIpc) is 3.01. The van der Waals surface area contributed by atoms with Crippen LogP contribution in [0, 0.1) is 0 Å². The van der Waals surface area contributed by atoms with Gasteiger partial charge in [-0.05, 0) is 0 Å². The van der Waals surface area contributed by atoms with E-state index < -0.39 is 24.1 Å². The molecule has 0 atom stereocenters. The Bertz CT molecular complexity index is 663.